The third-order valence-electron chi connectivity index (χ3n) is 6.30. The molecular formula is C25H27FN8OS. The van der Waals surface area contributed by atoms with E-state index in [4.69, 9.17) is 9.97 Å². The second-order valence-electron chi connectivity index (χ2n) is 8.98. The van der Waals surface area contributed by atoms with E-state index in [0.29, 0.717) is 35.1 Å². The topological polar surface area (TPSA) is 111 Å². The molecule has 0 bridgehead atoms. The Balaban J connectivity index is 1.62. The normalized spacial score (nSPS) is 14.2. The van der Waals surface area contributed by atoms with E-state index in [2.05, 4.69) is 25.3 Å². The lowest BCUT2D eigenvalue weighted by atomic mass is 10.1. The van der Waals surface area contributed by atoms with E-state index in [1.807, 2.05) is 32.2 Å². The Hall–Kier alpha value is -3.47. The van der Waals surface area contributed by atoms with Gasteiger partial charge in [0.2, 0.25) is 0 Å². The molecule has 0 spiro atoms. The number of hydrogen-bond acceptors (Lipinski definition) is 9. The number of thioether (sulfide) groups is 1. The molecule has 0 aliphatic heterocycles. The fourth-order valence-electron chi connectivity index (χ4n) is 4.17. The van der Waals surface area contributed by atoms with Gasteiger partial charge >= 0.3 is 0 Å². The van der Waals surface area contributed by atoms with Gasteiger partial charge in [0.25, 0.3) is 5.56 Å². The Bertz CT molecular complexity index is 1490. The van der Waals surface area contributed by atoms with Crippen molar-refractivity contribution in [1.29, 1.82) is 0 Å². The van der Waals surface area contributed by atoms with E-state index in [9.17, 15) is 9.18 Å². The first kappa shape index (κ1) is 24.2. The van der Waals surface area contributed by atoms with Crippen LogP contribution in [0.5, 0.6) is 0 Å². The van der Waals surface area contributed by atoms with Crippen molar-refractivity contribution >= 4 is 28.7 Å². The van der Waals surface area contributed by atoms with Gasteiger partial charge in [0, 0.05) is 17.0 Å². The maximum atomic E-state index is 13.9. The van der Waals surface area contributed by atoms with Crippen LogP contribution in [0.15, 0.2) is 34.3 Å². The summed E-state index contributed by atoms with van der Waals surface area (Å²) in [5, 5.41) is 3.08. The first-order chi connectivity index (χ1) is 17.4. The Labute approximate surface area is 212 Å². The average Bonchev–Trinajstić information content (AvgIpc) is 3.73. The van der Waals surface area contributed by atoms with Crippen molar-refractivity contribution in [3.05, 3.63) is 57.8 Å². The number of halogens is 1. The van der Waals surface area contributed by atoms with Crippen molar-refractivity contribution in [1.82, 2.24) is 34.5 Å². The third-order valence-corrected chi connectivity index (χ3v) is 7.01. The van der Waals surface area contributed by atoms with Gasteiger partial charge in [0.1, 0.15) is 18.5 Å². The molecule has 36 heavy (non-hydrogen) atoms. The van der Waals surface area contributed by atoms with Crippen molar-refractivity contribution in [2.24, 2.45) is 0 Å². The molecule has 11 heteroatoms. The number of nitrogens with zero attached hydrogens (tertiary/aromatic N) is 7. The number of rotatable bonds is 8. The number of aryl methyl sites for hydroxylation is 2. The molecule has 9 nitrogen and oxygen atoms in total. The van der Waals surface area contributed by atoms with Crippen LogP contribution >= 0.6 is 11.8 Å². The van der Waals surface area contributed by atoms with E-state index >= 15 is 0 Å². The lowest BCUT2D eigenvalue weighted by Crippen LogP contribution is -2.29. The Morgan fingerprint density at radius 3 is 2.61 bits per heavy atom. The summed E-state index contributed by atoms with van der Waals surface area (Å²) in [7, 11) is 0. The molecule has 0 aromatic carbocycles. The van der Waals surface area contributed by atoms with E-state index in [-0.39, 0.29) is 5.82 Å². The summed E-state index contributed by atoms with van der Waals surface area (Å²) in [5.74, 6) is 0.896. The summed E-state index contributed by atoms with van der Waals surface area (Å²) in [6.07, 6.45) is 7.45. The molecule has 4 aromatic rings. The summed E-state index contributed by atoms with van der Waals surface area (Å²) in [6.45, 7) is 4.94. The van der Waals surface area contributed by atoms with Crippen LogP contribution in [0.2, 0.25) is 0 Å². The van der Waals surface area contributed by atoms with E-state index in [1.165, 1.54) is 4.57 Å². The number of hydrogen-bond donors (Lipinski definition) is 1. The molecule has 0 radical (unpaired) electrons. The highest BCUT2D eigenvalue weighted by molar-refractivity contribution is 7.98. The first-order valence-corrected chi connectivity index (χ1v) is 13.0. The number of alkyl halides is 1. The Morgan fingerprint density at radius 2 is 1.94 bits per heavy atom. The van der Waals surface area contributed by atoms with Crippen molar-refractivity contribution in [2.75, 3.05) is 18.2 Å². The average molecular weight is 507 g/mol. The first-order valence-electron chi connectivity index (χ1n) is 11.8. The van der Waals surface area contributed by atoms with Gasteiger partial charge in [-0.15, -0.1) is 11.8 Å². The molecule has 4 aromatic heterocycles. The number of nitrogens with one attached hydrogen (secondary N) is 1. The molecule has 1 N–H and O–H groups in total. The predicted octanol–water partition coefficient (Wildman–Crippen LogP) is 4.40. The van der Waals surface area contributed by atoms with Crippen LogP contribution in [-0.4, -0.2) is 47.4 Å². The van der Waals surface area contributed by atoms with Gasteiger partial charge in [-0.05, 0) is 52.0 Å². The quantitative estimate of drug-likeness (QED) is 0.348. The lowest BCUT2D eigenvalue weighted by molar-refractivity contribution is 0.376. The minimum Gasteiger partial charge on any atom is -0.360 e. The van der Waals surface area contributed by atoms with Crippen LogP contribution in [-0.2, 0) is 6.54 Å². The van der Waals surface area contributed by atoms with Crippen LogP contribution in [0, 0.1) is 13.8 Å². The number of aromatic nitrogens is 7. The molecule has 1 aliphatic carbocycles. The van der Waals surface area contributed by atoms with Gasteiger partial charge in [-0.2, -0.15) is 0 Å². The van der Waals surface area contributed by atoms with E-state index in [1.54, 1.807) is 31.2 Å². The summed E-state index contributed by atoms with van der Waals surface area (Å²) >= 11 is 1.61. The van der Waals surface area contributed by atoms with Gasteiger partial charge in [-0.25, -0.2) is 29.3 Å². The van der Waals surface area contributed by atoms with Gasteiger partial charge in [0.05, 0.1) is 40.9 Å². The summed E-state index contributed by atoms with van der Waals surface area (Å²) in [4.78, 5) is 41.8. The molecule has 5 rings (SSSR count). The van der Waals surface area contributed by atoms with Crippen molar-refractivity contribution in [3.63, 3.8) is 0 Å². The van der Waals surface area contributed by atoms with Crippen LogP contribution in [0.4, 0.5) is 10.2 Å². The number of fused-ring (bicyclic) bond motifs is 1. The highest BCUT2D eigenvalue weighted by atomic mass is 32.2. The third kappa shape index (κ3) is 4.55. The monoisotopic (exact) mass is 506 g/mol. The molecule has 1 saturated carbocycles. The highest BCUT2D eigenvalue weighted by Gasteiger charge is 2.30. The van der Waals surface area contributed by atoms with Gasteiger partial charge in [-0.3, -0.25) is 14.3 Å². The van der Waals surface area contributed by atoms with Crippen LogP contribution in [0.3, 0.4) is 0 Å². The van der Waals surface area contributed by atoms with Crippen LogP contribution in [0.25, 0.3) is 22.6 Å². The van der Waals surface area contributed by atoms with Crippen LogP contribution in [0.1, 0.15) is 54.5 Å². The smallest absolute Gasteiger partial charge is 0.295 e. The lowest BCUT2D eigenvalue weighted by Gasteiger charge is -2.18. The molecule has 0 amide bonds. The molecule has 1 fully saturated rings. The highest BCUT2D eigenvalue weighted by Crippen LogP contribution is 2.43. The molecule has 0 saturated heterocycles. The second-order valence-corrected chi connectivity index (χ2v) is 9.86. The van der Waals surface area contributed by atoms with E-state index in [0.717, 1.165) is 40.4 Å². The minimum absolute atomic E-state index is 0.107. The maximum absolute atomic E-state index is 13.9. The summed E-state index contributed by atoms with van der Waals surface area (Å²) in [6, 6.07) is 3.13. The molecular weight excluding hydrogens is 479 g/mol. The van der Waals surface area contributed by atoms with Crippen LogP contribution < -0.4 is 10.9 Å². The standard InChI is InChI=1S/C25H27FN8OS/c1-13(9-26)34-24-20(32-23(25(34)35)28-10-17-7-8-18(36-4)11-27-17)15(3)31-22(33-24)19-14(2)29-12-30-21(19)16-5-6-16/h7-8,11-13,16H,5-6,9-10H2,1-4H3,(H,28,32). The minimum atomic E-state index is -0.735. The van der Waals surface area contributed by atoms with Gasteiger partial charge < -0.3 is 5.32 Å². The fourth-order valence-corrected chi connectivity index (χ4v) is 4.53. The number of pyridine rings is 1. The zero-order valence-corrected chi connectivity index (χ0v) is 21.4. The molecule has 1 aliphatic rings. The Morgan fingerprint density at radius 1 is 1.14 bits per heavy atom. The van der Waals surface area contributed by atoms with Crippen molar-refractivity contribution < 1.29 is 4.39 Å². The maximum Gasteiger partial charge on any atom is 0.295 e. The molecule has 4 heterocycles. The zero-order chi connectivity index (χ0) is 25.4. The van der Waals surface area contributed by atoms with E-state index < -0.39 is 18.3 Å². The largest absolute Gasteiger partial charge is 0.360 e. The van der Waals surface area contributed by atoms with Gasteiger partial charge in [-0.1, -0.05) is 0 Å². The van der Waals surface area contributed by atoms with Crippen molar-refractivity contribution in [2.45, 2.75) is 57.0 Å². The predicted molar refractivity (Wildman–Crippen MR) is 138 cm³/mol. The number of anilines is 1. The van der Waals surface area contributed by atoms with Crippen molar-refractivity contribution in [3.8, 4) is 11.4 Å². The fraction of sp³-hybridized carbons (Fsp3) is 0.400. The second kappa shape index (κ2) is 9.88. The molecule has 1 unspecified atom stereocenters. The summed E-state index contributed by atoms with van der Waals surface area (Å²) in [5.41, 5.74) is 4.10. The molecule has 186 valence electrons. The van der Waals surface area contributed by atoms with Gasteiger partial charge in [0.15, 0.2) is 17.3 Å². The summed E-state index contributed by atoms with van der Waals surface area (Å²) < 4.78 is 15.3. The zero-order valence-electron chi connectivity index (χ0n) is 20.6. The Kier molecular flexibility index (Phi) is 6.65. The SMILES string of the molecule is CSc1ccc(CNc2nc3c(C)nc(-c4c(C)ncnc4C4CC4)nc3n(C(C)CF)c2=O)nc1. The molecule has 1 atom stereocenters.